The molecule has 6 heteroatoms. The maximum absolute atomic E-state index is 12.1. The van der Waals surface area contributed by atoms with Crippen LogP contribution >= 0.6 is 0 Å². The van der Waals surface area contributed by atoms with E-state index in [0.29, 0.717) is 0 Å². The lowest BCUT2D eigenvalue weighted by molar-refractivity contribution is -0.130. The van der Waals surface area contributed by atoms with E-state index in [1.165, 1.54) is 38.5 Å². The molecule has 3 aliphatic carbocycles. The lowest BCUT2D eigenvalue weighted by Gasteiger charge is -2.30. The molecule has 28 heavy (non-hydrogen) atoms. The summed E-state index contributed by atoms with van der Waals surface area (Å²) in [7, 11) is 0. The largest absolute Gasteiger partial charge is 0.368 e. The van der Waals surface area contributed by atoms with E-state index in [1.54, 1.807) is 0 Å². The quantitative estimate of drug-likeness (QED) is 0.663. The Bertz CT molecular complexity index is 435. The first-order valence-corrected chi connectivity index (χ1v) is 11.5. The van der Waals surface area contributed by atoms with Gasteiger partial charge in [-0.25, -0.2) is 0 Å². The van der Waals surface area contributed by atoms with E-state index in [0.717, 1.165) is 51.4 Å². The van der Waals surface area contributed by atoms with Gasteiger partial charge in [-0.3, -0.25) is 9.59 Å². The maximum atomic E-state index is 12.1. The average molecular weight is 395 g/mol. The van der Waals surface area contributed by atoms with Crippen molar-refractivity contribution >= 4 is 11.8 Å². The van der Waals surface area contributed by atoms with E-state index >= 15 is 0 Å². The second kappa shape index (κ2) is 11.8. The van der Waals surface area contributed by atoms with Crippen LogP contribution in [0.4, 0.5) is 0 Å². The summed E-state index contributed by atoms with van der Waals surface area (Å²) >= 11 is 0. The molecule has 3 saturated carbocycles. The topological polar surface area (TPSA) is 76.7 Å². The summed E-state index contributed by atoms with van der Waals surface area (Å²) in [4.78, 5) is 24.3. The summed E-state index contributed by atoms with van der Waals surface area (Å²) in [6, 6.07) is 0.406. The molecule has 2 amide bonds. The Hall–Kier alpha value is -1.14. The van der Waals surface area contributed by atoms with Crippen molar-refractivity contribution in [3.63, 3.8) is 0 Å². The molecule has 0 bridgehead atoms. The Balaban J connectivity index is 1.24. The van der Waals surface area contributed by atoms with Gasteiger partial charge in [-0.05, 0) is 51.4 Å². The normalized spacial score (nSPS) is 27.3. The molecule has 0 spiro atoms. The molecule has 0 unspecified atom stereocenters. The molecule has 3 rings (SSSR count). The van der Waals surface area contributed by atoms with Gasteiger partial charge in [-0.15, -0.1) is 0 Å². The second-order valence-corrected chi connectivity index (χ2v) is 8.83. The van der Waals surface area contributed by atoms with Crippen molar-refractivity contribution < 1.29 is 19.1 Å². The molecule has 0 radical (unpaired) electrons. The van der Waals surface area contributed by atoms with Crippen LogP contribution in [0.2, 0.25) is 0 Å². The molecule has 0 saturated heterocycles. The molecule has 0 heterocycles. The van der Waals surface area contributed by atoms with Gasteiger partial charge in [0.2, 0.25) is 11.8 Å². The number of rotatable bonds is 8. The minimum Gasteiger partial charge on any atom is -0.368 e. The number of hydrogen-bond acceptors (Lipinski definition) is 4. The van der Waals surface area contributed by atoms with Crippen LogP contribution < -0.4 is 10.6 Å². The fourth-order valence-electron chi connectivity index (χ4n) is 4.77. The Morgan fingerprint density at radius 2 is 0.929 bits per heavy atom. The summed E-state index contributed by atoms with van der Waals surface area (Å²) in [5.41, 5.74) is 0. The van der Waals surface area contributed by atoms with Crippen molar-refractivity contribution in [1.29, 1.82) is 0 Å². The number of amides is 2. The molecular weight excluding hydrogens is 356 g/mol. The van der Waals surface area contributed by atoms with Crippen molar-refractivity contribution in [3.05, 3.63) is 0 Å². The Kier molecular flexibility index (Phi) is 9.06. The lowest BCUT2D eigenvalue weighted by atomic mass is 9.91. The predicted octanol–water partition coefficient (Wildman–Crippen LogP) is 3.23. The minimum absolute atomic E-state index is 0.000981. The predicted molar refractivity (Wildman–Crippen MR) is 108 cm³/mol. The molecule has 0 atom stereocenters. The highest BCUT2D eigenvalue weighted by molar-refractivity contribution is 5.78. The zero-order valence-electron chi connectivity index (χ0n) is 17.3. The van der Waals surface area contributed by atoms with Crippen LogP contribution in [-0.2, 0) is 19.1 Å². The number of nitrogens with one attached hydrogen (secondary N) is 2. The minimum atomic E-state index is -0.000981. The van der Waals surface area contributed by atoms with Crippen molar-refractivity contribution in [3.8, 4) is 0 Å². The highest BCUT2D eigenvalue weighted by Gasteiger charge is 2.24. The van der Waals surface area contributed by atoms with Crippen LogP contribution in [0.1, 0.15) is 89.9 Å². The molecule has 0 aromatic carbocycles. The smallest absolute Gasteiger partial charge is 0.246 e. The molecule has 160 valence electrons. The van der Waals surface area contributed by atoms with Gasteiger partial charge >= 0.3 is 0 Å². The van der Waals surface area contributed by atoms with Gasteiger partial charge in [0.05, 0.1) is 12.2 Å². The fraction of sp³-hybridized carbons (Fsp3) is 0.909. The van der Waals surface area contributed by atoms with E-state index in [-0.39, 0.29) is 49.3 Å². The summed E-state index contributed by atoms with van der Waals surface area (Å²) < 4.78 is 11.5. The van der Waals surface area contributed by atoms with E-state index in [1.807, 2.05) is 0 Å². The second-order valence-electron chi connectivity index (χ2n) is 8.83. The molecular formula is C22H38N2O4. The van der Waals surface area contributed by atoms with E-state index < -0.39 is 0 Å². The van der Waals surface area contributed by atoms with Gasteiger partial charge in [0.25, 0.3) is 0 Å². The SMILES string of the molecule is O=C(COC1CCCCC1)N[C@H]1CC[C@H](NC(=O)COC2CCCCC2)CC1. The highest BCUT2D eigenvalue weighted by atomic mass is 16.5. The molecule has 6 nitrogen and oxygen atoms in total. The molecule has 0 aromatic rings. The van der Waals surface area contributed by atoms with Crippen molar-refractivity contribution in [1.82, 2.24) is 10.6 Å². The summed E-state index contributed by atoms with van der Waals surface area (Å²) in [5, 5.41) is 6.20. The standard InChI is InChI=1S/C22H38N2O4/c25-21(15-27-19-7-3-1-4-8-19)23-17-11-13-18(14-12-17)24-22(26)16-28-20-9-5-2-6-10-20/h17-20H,1-16H2,(H,23,25)(H,24,26)/t17-,18-. The highest BCUT2D eigenvalue weighted by Crippen LogP contribution is 2.22. The summed E-state index contributed by atoms with van der Waals surface area (Å²) in [6.07, 6.45) is 15.9. The third-order valence-electron chi connectivity index (χ3n) is 6.46. The van der Waals surface area contributed by atoms with Gasteiger partial charge in [-0.2, -0.15) is 0 Å². The van der Waals surface area contributed by atoms with Crippen LogP contribution in [0.5, 0.6) is 0 Å². The first-order chi connectivity index (χ1) is 13.7. The van der Waals surface area contributed by atoms with Gasteiger partial charge in [-0.1, -0.05) is 38.5 Å². The maximum Gasteiger partial charge on any atom is 0.246 e. The van der Waals surface area contributed by atoms with Crippen molar-refractivity contribution in [2.75, 3.05) is 13.2 Å². The third-order valence-corrected chi connectivity index (χ3v) is 6.46. The van der Waals surface area contributed by atoms with Gasteiger partial charge in [0, 0.05) is 12.1 Å². The third kappa shape index (κ3) is 7.70. The molecule has 3 fully saturated rings. The first-order valence-electron chi connectivity index (χ1n) is 11.5. The Morgan fingerprint density at radius 1 is 0.571 bits per heavy atom. The molecule has 2 N–H and O–H groups in total. The van der Waals surface area contributed by atoms with Crippen LogP contribution in [0.3, 0.4) is 0 Å². The number of carbonyl (C=O) groups is 2. The van der Waals surface area contributed by atoms with Gasteiger partial charge in [0.15, 0.2) is 0 Å². The summed E-state index contributed by atoms with van der Waals surface area (Å²) in [6.45, 7) is 0.361. The zero-order chi connectivity index (χ0) is 19.6. The van der Waals surface area contributed by atoms with Crippen LogP contribution in [0.15, 0.2) is 0 Å². The molecule has 0 aromatic heterocycles. The Morgan fingerprint density at radius 3 is 1.29 bits per heavy atom. The van der Waals surface area contributed by atoms with E-state index in [4.69, 9.17) is 9.47 Å². The average Bonchev–Trinajstić information content (AvgIpc) is 2.74. The van der Waals surface area contributed by atoms with Gasteiger partial charge in [0.1, 0.15) is 13.2 Å². The lowest BCUT2D eigenvalue weighted by Crippen LogP contribution is -2.45. The van der Waals surface area contributed by atoms with Crippen molar-refractivity contribution in [2.24, 2.45) is 0 Å². The van der Waals surface area contributed by atoms with Gasteiger partial charge < -0.3 is 20.1 Å². The van der Waals surface area contributed by atoms with Crippen LogP contribution in [0, 0.1) is 0 Å². The number of hydrogen-bond donors (Lipinski definition) is 2. The zero-order valence-corrected chi connectivity index (χ0v) is 17.3. The van der Waals surface area contributed by atoms with Crippen LogP contribution in [-0.4, -0.2) is 49.3 Å². The Labute approximate surface area is 169 Å². The fourth-order valence-corrected chi connectivity index (χ4v) is 4.77. The van der Waals surface area contributed by atoms with E-state index in [9.17, 15) is 9.59 Å². The van der Waals surface area contributed by atoms with Crippen LogP contribution in [0.25, 0.3) is 0 Å². The summed E-state index contributed by atoms with van der Waals surface area (Å²) in [5.74, 6) is -0.00196. The van der Waals surface area contributed by atoms with Crippen molar-refractivity contribution in [2.45, 2.75) is 114 Å². The first kappa shape index (κ1) is 21.6. The number of carbonyl (C=O) groups excluding carboxylic acids is 2. The molecule has 0 aliphatic heterocycles. The molecule has 3 aliphatic rings. The monoisotopic (exact) mass is 394 g/mol. The number of ether oxygens (including phenoxy) is 2. The van der Waals surface area contributed by atoms with E-state index in [2.05, 4.69) is 10.6 Å².